The first-order chi connectivity index (χ1) is 9.15. The van der Waals surface area contributed by atoms with E-state index in [0.29, 0.717) is 6.54 Å². The highest BCUT2D eigenvalue weighted by Crippen LogP contribution is 2.20. The van der Waals surface area contributed by atoms with Crippen molar-refractivity contribution in [3.8, 4) is 0 Å². The van der Waals surface area contributed by atoms with Gasteiger partial charge in [0.25, 0.3) is 0 Å². The molecule has 1 aromatic carbocycles. The van der Waals surface area contributed by atoms with Gasteiger partial charge < -0.3 is 15.2 Å². The van der Waals surface area contributed by atoms with Crippen molar-refractivity contribution in [3.05, 3.63) is 46.3 Å². The smallest absolute Gasteiger partial charge is 0.238 e. The number of benzene rings is 1. The molecule has 1 amide bonds. The van der Waals surface area contributed by atoms with Crippen LogP contribution in [0.5, 0.6) is 0 Å². The SMILES string of the molecule is Cc1cc(CNCC(=O)Nc2ccccc2Br)no1. The number of rotatable bonds is 5. The zero-order valence-electron chi connectivity index (χ0n) is 10.4. The van der Waals surface area contributed by atoms with E-state index in [4.69, 9.17) is 4.52 Å². The topological polar surface area (TPSA) is 67.2 Å². The molecule has 0 unspecified atom stereocenters. The lowest BCUT2D eigenvalue weighted by Crippen LogP contribution is -2.27. The number of halogens is 1. The van der Waals surface area contributed by atoms with Crippen LogP contribution in [0.2, 0.25) is 0 Å². The number of hydrogen-bond donors (Lipinski definition) is 2. The number of carbonyl (C=O) groups excluding carboxylic acids is 1. The summed E-state index contributed by atoms with van der Waals surface area (Å²) < 4.78 is 5.79. The lowest BCUT2D eigenvalue weighted by atomic mass is 10.3. The molecule has 0 saturated carbocycles. The number of para-hydroxylation sites is 1. The second-order valence-electron chi connectivity index (χ2n) is 4.06. The number of nitrogens with one attached hydrogen (secondary N) is 2. The lowest BCUT2D eigenvalue weighted by Gasteiger charge is -2.07. The van der Waals surface area contributed by atoms with E-state index in [0.717, 1.165) is 21.6 Å². The third-order valence-corrected chi connectivity index (χ3v) is 3.11. The molecule has 2 N–H and O–H groups in total. The van der Waals surface area contributed by atoms with Crippen molar-refractivity contribution in [2.24, 2.45) is 0 Å². The number of aryl methyl sites for hydroxylation is 1. The fourth-order valence-electron chi connectivity index (χ4n) is 1.56. The van der Waals surface area contributed by atoms with Gasteiger partial charge in [-0.2, -0.15) is 0 Å². The van der Waals surface area contributed by atoms with Crippen LogP contribution < -0.4 is 10.6 Å². The van der Waals surface area contributed by atoms with Crippen LogP contribution in [0, 0.1) is 6.92 Å². The molecule has 0 aliphatic rings. The summed E-state index contributed by atoms with van der Waals surface area (Å²) in [6, 6.07) is 9.31. The molecule has 0 aliphatic heterocycles. The van der Waals surface area contributed by atoms with Crippen molar-refractivity contribution in [1.82, 2.24) is 10.5 Å². The minimum atomic E-state index is -0.105. The lowest BCUT2D eigenvalue weighted by molar-refractivity contribution is -0.115. The Morgan fingerprint density at radius 3 is 2.89 bits per heavy atom. The summed E-state index contributed by atoms with van der Waals surface area (Å²) in [5, 5.41) is 9.65. The molecule has 1 heterocycles. The molecule has 0 bridgehead atoms. The van der Waals surface area contributed by atoms with E-state index in [2.05, 4.69) is 31.7 Å². The Hall–Kier alpha value is -1.66. The van der Waals surface area contributed by atoms with Gasteiger partial charge in [0, 0.05) is 17.1 Å². The summed E-state index contributed by atoms with van der Waals surface area (Å²) in [6.45, 7) is 2.55. The van der Waals surface area contributed by atoms with Crippen LogP contribution in [0.25, 0.3) is 0 Å². The Labute approximate surface area is 119 Å². The van der Waals surface area contributed by atoms with E-state index >= 15 is 0 Å². The van der Waals surface area contributed by atoms with Gasteiger partial charge in [0.05, 0.1) is 17.9 Å². The van der Waals surface area contributed by atoms with E-state index in [1.165, 1.54) is 0 Å². The third-order valence-electron chi connectivity index (χ3n) is 2.42. The van der Waals surface area contributed by atoms with E-state index in [1.807, 2.05) is 37.3 Å². The van der Waals surface area contributed by atoms with Gasteiger partial charge in [-0.25, -0.2) is 0 Å². The van der Waals surface area contributed by atoms with E-state index in [9.17, 15) is 4.79 Å². The average Bonchev–Trinajstić information content (AvgIpc) is 2.78. The number of nitrogens with zero attached hydrogens (tertiary/aromatic N) is 1. The molecule has 5 nitrogen and oxygen atoms in total. The molecule has 2 rings (SSSR count). The van der Waals surface area contributed by atoms with E-state index in [1.54, 1.807) is 0 Å². The van der Waals surface area contributed by atoms with Crippen LogP contribution in [-0.2, 0) is 11.3 Å². The second-order valence-corrected chi connectivity index (χ2v) is 4.91. The molecule has 100 valence electrons. The third kappa shape index (κ3) is 4.18. The van der Waals surface area contributed by atoms with Gasteiger partial charge >= 0.3 is 0 Å². The maximum absolute atomic E-state index is 11.7. The Morgan fingerprint density at radius 1 is 1.42 bits per heavy atom. The molecule has 0 radical (unpaired) electrons. The molecule has 0 spiro atoms. The quantitative estimate of drug-likeness (QED) is 0.887. The number of anilines is 1. The first-order valence-electron chi connectivity index (χ1n) is 5.82. The summed E-state index contributed by atoms with van der Waals surface area (Å²) in [5.74, 6) is 0.654. The van der Waals surface area contributed by atoms with Crippen molar-refractivity contribution in [1.29, 1.82) is 0 Å². The maximum atomic E-state index is 11.7. The highest BCUT2D eigenvalue weighted by Gasteiger charge is 2.05. The standard InChI is InChI=1S/C13H14BrN3O2/c1-9-6-10(17-19-9)7-15-8-13(18)16-12-5-3-2-4-11(12)14/h2-6,15H,7-8H2,1H3,(H,16,18). The van der Waals surface area contributed by atoms with Gasteiger partial charge in [-0.3, -0.25) is 4.79 Å². The predicted molar refractivity (Wildman–Crippen MR) is 75.7 cm³/mol. The molecule has 0 atom stereocenters. The van der Waals surface area contributed by atoms with Crippen LogP contribution in [-0.4, -0.2) is 17.6 Å². The summed E-state index contributed by atoms with van der Waals surface area (Å²) in [7, 11) is 0. The number of hydrogen-bond acceptors (Lipinski definition) is 4. The first-order valence-corrected chi connectivity index (χ1v) is 6.62. The van der Waals surface area contributed by atoms with E-state index < -0.39 is 0 Å². The largest absolute Gasteiger partial charge is 0.361 e. The highest BCUT2D eigenvalue weighted by molar-refractivity contribution is 9.10. The van der Waals surface area contributed by atoms with E-state index in [-0.39, 0.29) is 12.5 Å². The summed E-state index contributed by atoms with van der Waals surface area (Å²) >= 11 is 3.37. The Kier molecular flexibility index (Phi) is 4.70. The van der Waals surface area contributed by atoms with Crippen molar-refractivity contribution in [2.75, 3.05) is 11.9 Å². The predicted octanol–water partition coefficient (Wildman–Crippen LogP) is 2.47. The average molecular weight is 324 g/mol. The van der Waals surface area contributed by atoms with Gasteiger partial charge in [0.2, 0.25) is 5.91 Å². The molecule has 0 fully saturated rings. The monoisotopic (exact) mass is 323 g/mol. The van der Waals surface area contributed by atoms with Gasteiger partial charge in [0.15, 0.2) is 0 Å². The molecular weight excluding hydrogens is 310 g/mol. The first kappa shape index (κ1) is 13.8. The zero-order valence-corrected chi connectivity index (χ0v) is 12.0. The molecule has 0 aliphatic carbocycles. The Morgan fingerprint density at radius 2 is 2.21 bits per heavy atom. The van der Waals surface area contributed by atoms with Crippen LogP contribution >= 0.6 is 15.9 Å². The van der Waals surface area contributed by atoms with Gasteiger partial charge in [-0.1, -0.05) is 17.3 Å². The summed E-state index contributed by atoms with van der Waals surface area (Å²) in [5.41, 5.74) is 1.54. The zero-order chi connectivity index (χ0) is 13.7. The van der Waals surface area contributed by atoms with Crippen LogP contribution in [0.4, 0.5) is 5.69 Å². The minimum Gasteiger partial charge on any atom is -0.361 e. The van der Waals surface area contributed by atoms with Crippen LogP contribution in [0.3, 0.4) is 0 Å². The maximum Gasteiger partial charge on any atom is 0.238 e. The second kappa shape index (κ2) is 6.49. The fourth-order valence-corrected chi connectivity index (χ4v) is 1.95. The fraction of sp³-hybridized carbons (Fsp3) is 0.231. The molecule has 1 aromatic heterocycles. The molecule has 19 heavy (non-hydrogen) atoms. The summed E-state index contributed by atoms with van der Waals surface area (Å²) in [4.78, 5) is 11.7. The molecule has 0 saturated heterocycles. The number of aromatic nitrogens is 1. The highest BCUT2D eigenvalue weighted by atomic mass is 79.9. The molecular formula is C13H14BrN3O2. The van der Waals surface area contributed by atoms with Crippen molar-refractivity contribution in [3.63, 3.8) is 0 Å². The number of carbonyl (C=O) groups is 1. The van der Waals surface area contributed by atoms with Crippen molar-refractivity contribution in [2.45, 2.75) is 13.5 Å². The molecule has 2 aromatic rings. The van der Waals surface area contributed by atoms with Crippen molar-refractivity contribution >= 4 is 27.5 Å². The van der Waals surface area contributed by atoms with Crippen LogP contribution in [0.15, 0.2) is 39.3 Å². The minimum absolute atomic E-state index is 0.105. The molecule has 6 heteroatoms. The normalized spacial score (nSPS) is 10.4. The van der Waals surface area contributed by atoms with Gasteiger partial charge in [0.1, 0.15) is 5.76 Å². The van der Waals surface area contributed by atoms with Gasteiger partial charge in [-0.05, 0) is 35.0 Å². The summed E-state index contributed by atoms with van der Waals surface area (Å²) in [6.07, 6.45) is 0. The van der Waals surface area contributed by atoms with Gasteiger partial charge in [-0.15, -0.1) is 0 Å². The number of amides is 1. The van der Waals surface area contributed by atoms with Crippen molar-refractivity contribution < 1.29 is 9.32 Å². The Balaban J connectivity index is 1.77. The van der Waals surface area contributed by atoms with Crippen LogP contribution in [0.1, 0.15) is 11.5 Å². The Bertz CT molecular complexity index is 569.